The molecule has 122 valence electrons. The first-order chi connectivity index (χ1) is 11.6. The Morgan fingerprint density at radius 1 is 1.42 bits per heavy atom. The maximum absolute atomic E-state index is 12.5. The normalized spacial score (nSPS) is 16.2. The largest absolute Gasteiger partial charge is 0.345 e. The van der Waals surface area contributed by atoms with Crippen LogP contribution in [0.25, 0.3) is 11.4 Å². The van der Waals surface area contributed by atoms with E-state index in [0.717, 1.165) is 29.7 Å². The van der Waals surface area contributed by atoms with Crippen molar-refractivity contribution >= 4 is 5.91 Å². The highest BCUT2D eigenvalue weighted by Gasteiger charge is 2.26. The molecule has 1 aliphatic carbocycles. The first kappa shape index (κ1) is 14.6. The van der Waals surface area contributed by atoms with Crippen LogP contribution in [0.3, 0.4) is 0 Å². The van der Waals surface area contributed by atoms with Crippen molar-refractivity contribution in [3.63, 3.8) is 0 Å². The van der Waals surface area contributed by atoms with Gasteiger partial charge in [-0.3, -0.25) is 9.48 Å². The summed E-state index contributed by atoms with van der Waals surface area (Å²) in [7, 11) is 1.81. The Morgan fingerprint density at radius 2 is 2.29 bits per heavy atom. The first-order valence-corrected chi connectivity index (χ1v) is 7.82. The Morgan fingerprint density at radius 3 is 3.00 bits per heavy atom. The third-order valence-electron chi connectivity index (χ3n) is 4.40. The van der Waals surface area contributed by atoms with Crippen LogP contribution in [0, 0.1) is 6.92 Å². The average molecular weight is 323 g/mol. The summed E-state index contributed by atoms with van der Waals surface area (Å²) < 4.78 is 6.45. The molecule has 2 heterocycles. The fraction of sp³-hybridized carbons (Fsp3) is 0.294. The predicted octanol–water partition coefficient (Wildman–Crippen LogP) is 2.20. The smallest absolute Gasteiger partial charge is 0.255 e. The molecule has 7 nitrogen and oxygen atoms in total. The number of carbonyl (C=O) groups excluding carboxylic acids is 1. The van der Waals surface area contributed by atoms with E-state index >= 15 is 0 Å². The van der Waals surface area contributed by atoms with Crippen molar-refractivity contribution < 1.29 is 9.32 Å². The average Bonchev–Trinajstić information content (AvgIpc) is 3.27. The van der Waals surface area contributed by atoms with Crippen LogP contribution in [0.4, 0.5) is 0 Å². The molecule has 1 unspecified atom stereocenters. The standard InChI is InChI=1S/C17H17N5O2/c1-10-14(8-22(2)20-10)17(23)19-15-6-4-11-7-12(3-5-13(11)15)16-18-9-24-21-16/h3,5,7-9,15H,4,6H2,1-2H3,(H,19,23). The number of aromatic nitrogens is 4. The van der Waals surface area contributed by atoms with Crippen molar-refractivity contribution in [2.45, 2.75) is 25.8 Å². The van der Waals surface area contributed by atoms with E-state index in [-0.39, 0.29) is 11.9 Å². The number of amides is 1. The van der Waals surface area contributed by atoms with E-state index in [0.29, 0.717) is 11.4 Å². The van der Waals surface area contributed by atoms with Crippen LogP contribution in [0.2, 0.25) is 0 Å². The van der Waals surface area contributed by atoms with Gasteiger partial charge in [0, 0.05) is 18.8 Å². The molecule has 1 aliphatic rings. The lowest BCUT2D eigenvalue weighted by Crippen LogP contribution is -2.27. The second-order valence-corrected chi connectivity index (χ2v) is 6.03. The maximum atomic E-state index is 12.5. The van der Waals surface area contributed by atoms with Crippen LogP contribution in [0.15, 0.2) is 35.3 Å². The zero-order chi connectivity index (χ0) is 16.7. The quantitative estimate of drug-likeness (QED) is 0.798. The number of rotatable bonds is 3. The number of carbonyl (C=O) groups is 1. The lowest BCUT2D eigenvalue weighted by atomic mass is 10.0. The molecule has 4 rings (SSSR count). The molecule has 0 aliphatic heterocycles. The molecule has 0 fully saturated rings. The van der Waals surface area contributed by atoms with E-state index in [1.807, 2.05) is 26.1 Å². The highest BCUT2D eigenvalue weighted by molar-refractivity contribution is 5.95. The SMILES string of the molecule is Cc1nn(C)cc1C(=O)NC1CCc2cc(-c3ncon3)ccc21. The number of fused-ring (bicyclic) bond motifs is 1. The molecular weight excluding hydrogens is 306 g/mol. The Bertz CT molecular complexity index is 898. The molecule has 24 heavy (non-hydrogen) atoms. The van der Waals surface area contributed by atoms with Crippen molar-refractivity contribution in [3.05, 3.63) is 53.2 Å². The molecule has 0 saturated heterocycles. The van der Waals surface area contributed by atoms with Crippen LogP contribution in [-0.4, -0.2) is 25.8 Å². The van der Waals surface area contributed by atoms with Crippen LogP contribution in [0.1, 0.15) is 39.6 Å². The minimum absolute atomic E-state index is 0.0198. The van der Waals surface area contributed by atoms with Crippen LogP contribution in [0.5, 0.6) is 0 Å². The number of benzene rings is 1. The molecule has 1 amide bonds. The third-order valence-corrected chi connectivity index (χ3v) is 4.40. The van der Waals surface area contributed by atoms with Crippen LogP contribution in [-0.2, 0) is 13.5 Å². The molecule has 1 aromatic carbocycles. The monoisotopic (exact) mass is 323 g/mol. The van der Waals surface area contributed by atoms with Gasteiger partial charge in [0.15, 0.2) is 0 Å². The Balaban J connectivity index is 1.56. The lowest BCUT2D eigenvalue weighted by Gasteiger charge is -2.14. The summed E-state index contributed by atoms with van der Waals surface area (Å²) in [5.41, 5.74) is 4.65. The number of nitrogens with one attached hydrogen (secondary N) is 1. The van der Waals surface area contributed by atoms with Gasteiger partial charge in [0.2, 0.25) is 12.2 Å². The molecule has 1 atom stereocenters. The summed E-state index contributed by atoms with van der Waals surface area (Å²) in [5.74, 6) is 0.497. The molecule has 0 radical (unpaired) electrons. The van der Waals surface area contributed by atoms with Crippen molar-refractivity contribution in [1.82, 2.24) is 25.2 Å². The van der Waals surface area contributed by atoms with E-state index in [4.69, 9.17) is 4.52 Å². The summed E-state index contributed by atoms with van der Waals surface area (Å²) in [5, 5.41) is 11.2. The number of hydrogen-bond acceptors (Lipinski definition) is 5. The van der Waals surface area contributed by atoms with Crippen molar-refractivity contribution in [1.29, 1.82) is 0 Å². The van der Waals surface area contributed by atoms with Crippen LogP contribution >= 0.6 is 0 Å². The minimum atomic E-state index is -0.0827. The van der Waals surface area contributed by atoms with Gasteiger partial charge >= 0.3 is 0 Å². The van der Waals surface area contributed by atoms with Crippen molar-refractivity contribution in [2.24, 2.45) is 7.05 Å². The molecule has 2 aromatic heterocycles. The number of aryl methyl sites for hydroxylation is 3. The van der Waals surface area contributed by atoms with Gasteiger partial charge in [-0.15, -0.1) is 0 Å². The van der Waals surface area contributed by atoms with E-state index in [2.05, 4.69) is 26.6 Å². The molecule has 0 saturated carbocycles. The Labute approximate surface area is 138 Å². The Hall–Kier alpha value is -2.96. The number of nitrogens with zero attached hydrogens (tertiary/aromatic N) is 4. The van der Waals surface area contributed by atoms with Crippen molar-refractivity contribution in [3.8, 4) is 11.4 Å². The van der Waals surface area contributed by atoms with Gasteiger partial charge in [-0.1, -0.05) is 17.3 Å². The molecule has 0 spiro atoms. The lowest BCUT2D eigenvalue weighted by molar-refractivity contribution is 0.0936. The fourth-order valence-electron chi connectivity index (χ4n) is 3.26. The van der Waals surface area contributed by atoms with Gasteiger partial charge in [0.05, 0.1) is 17.3 Å². The van der Waals surface area contributed by atoms with Gasteiger partial charge in [0.1, 0.15) is 0 Å². The third kappa shape index (κ3) is 2.47. The summed E-state index contributed by atoms with van der Waals surface area (Å²) in [6, 6.07) is 6.09. The van der Waals surface area contributed by atoms with Gasteiger partial charge in [-0.25, -0.2) is 0 Å². The van der Waals surface area contributed by atoms with E-state index in [1.165, 1.54) is 12.0 Å². The van der Waals surface area contributed by atoms with Crippen LogP contribution < -0.4 is 5.32 Å². The minimum Gasteiger partial charge on any atom is -0.345 e. The van der Waals surface area contributed by atoms with E-state index in [1.54, 1.807) is 10.9 Å². The summed E-state index contributed by atoms with van der Waals surface area (Å²) >= 11 is 0. The Kier molecular flexibility index (Phi) is 3.41. The van der Waals surface area contributed by atoms with Gasteiger partial charge in [0.25, 0.3) is 5.91 Å². The second-order valence-electron chi connectivity index (χ2n) is 6.03. The highest BCUT2D eigenvalue weighted by atomic mass is 16.5. The van der Waals surface area contributed by atoms with E-state index in [9.17, 15) is 4.79 Å². The second kappa shape index (κ2) is 5.59. The van der Waals surface area contributed by atoms with Gasteiger partial charge in [-0.05, 0) is 37.0 Å². The van der Waals surface area contributed by atoms with Crippen molar-refractivity contribution in [2.75, 3.05) is 0 Å². The summed E-state index contributed by atoms with van der Waals surface area (Å²) in [4.78, 5) is 16.6. The molecule has 0 bridgehead atoms. The first-order valence-electron chi connectivity index (χ1n) is 7.82. The fourth-order valence-corrected chi connectivity index (χ4v) is 3.26. The zero-order valence-corrected chi connectivity index (χ0v) is 13.5. The molecule has 3 aromatic rings. The number of hydrogen-bond donors (Lipinski definition) is 1. The summed E-state index contributed by atoms with van der Waals surface area (Å²) in [6.45, 7) is 1.84. The van der Waals surface area contributed by atoms with E-state index < -0.39 is 0 Å². The highest BCUT2D eigenvalue weighted by Crippen LogP contribution is 2.33. The zero-order valence-electron chi connectivity index (χ0n) is 13.5. The van der Waals surface area contributed by atoms with Gasteiger partial charge < -0.3 is 9.84 Å². The molecular formula is C17H17N5O2. The maximum Gasteiger partial charge on any atom is 0.255 e. The topological polar surface area (TPSA) is 85.8 Å². The van der Waals surface area contributed by atoms with Gasteiger partial charge in [-0.2, -0.15) is 10.1 Å². The molecule has 1 N–H and O–H groups in total. The predicted molar refractivity (Wildman–Crippen MR) is 86.2 cm³/mol. The molecule has 7 heteroatoms. The summed E-state index contributed by atoms with van der Waals surface area (Å²) in [6.07, 6.45) is 4.87.